The largest absolute Gasteiger partial charge is 0.411 e. The van der Waals surface area contributed by atoms with Gasteiger partial charge in [0, 0.05) is 10.5 Å². The van der Waals surface area contributed by atoms with E-state index in [2.05, 4.69) is 27.6 Å². The van der Waals surface area contributed by atoms with Crippen molar-refractivity contribution in [2.24, 2.45) is 0 Å². The van der Waals surface area contributed by atoms with Gasteiger partial charge in [0.1, 0.15) is 0 Å². The van der Waals surface area contributed by atoms with E-state index in [1.807, 2.05) is 50.2 Å². The number of hydrogen-bond acceptors (Lipinski definition) is 7. The van der Waals surface area contributed by atoms with E-state index >= 15 is 0 Å². The van der Waals surface area contributed by atoms with Crippen LogP contribution in [0.4, 0.5) is 5.69 Å². The van der Waals surface area contributed by atoms with Gasteiger partial charge in [0.05, 0.1) is 23.3 Å². The summed E-state index contributed by atoms with van der Waals surface area (Å²) in [6.45, 7) is 4.03. The van der Waals surface area contributed by atoms with Gasteiger partial charge in [-0.3, -0.25) is 4.79 Å². The Morgan fingerprint density at radius 3 is 2.64 bits per heavy atom. The van der Waals surface area contributed by atoms with Gasteiger partial charge < -0.3 is 9.73 Å². The van der Waals surface area contributed by atoms with Crippen LogP contribution in [0.1, 0.15) is 11.1 Å². The van der Waals surface area contributed by atoms with Crippen LogP contribution in [-0.2, 0) is 4.79 Å². The smallest absolute Gasteiger partial charge is 0.277 e. The molecule has 3 aromatic rings. The molecule has 3 rings (SSSR count). The Bertz CT molecular complexity index is 1010. The van der Waals surface area contributed by atoms with Gasteiger partial charge in [-0.1, -0.05) is 41.1 Å². The predicted molar refractivity (Wildman–Crippen MR) is 111 cm³/mol. The third-order valence-electron chi connectivity index (χ3n) is 3.66. The molecule has 0 atom stereocenters. The van der Waals surface area contributed by atoms with E-state index in [4.69, 9.17) is 9.68 Å². The molecule has 28 heavy (non-hydrogen) atoms. The summed E-state index contributed by atoms with van der Waals surface area (Å²) >= 11 is 2.57. The number of carbonyl (C=O) groups excluding carboxylic acids is 1. The van der Waals surface area contributed by atoms with Crippen molar-refractivity contribution in [1.29, 1.82) is 5.26 Å². The number of anilines is 1. The highest BCUT2D eigenvalue weighted by atomic mass is 32.2. The molecule has 0 aliphatic rings. The van der Waals surface area contributed by atoms with Gasteiger partial charge in [0.25, 0.3) is 5.22 Å². The van der Waals surface area contributed by atoms with Crippen LogP contribution in [-0.4, -0.2) is 27.6 Å². The number of nitrogens with one attached hydrogen (secondary N) is 1. The maximum Gasteiger partial charge on any atom is 0.277 e. The van der Waals surface area contributed by atoms with Gasteiger partial charge in [0.15, 0.2) is 0 Å². The molecule has 1 amide bonds. The normalized spacial score (nSPS) is 10.5. The van der Waals surface area contributed by atoms with Crippen molar-refractivity contribution in [1.82, 2.24) is 10.2 Å². The van der Waals surface area contributed by atoms with Gasteiger partial charge in [0.2, 0.25) is 11.8 Å². The summed E-state index contributed by atoms with van der Waals surface area (Å²) in [7, 11) is 0. The Morgan fingerprint density at radius 2 is 1.89 bits per heavy atom. The van der Waals surface area contributed by atoms with Crippen LogP contribution < -0.4 is 5.32 Å². The summed E-state index contributed by atoms with van der Waals surface area (Å²) in [6, 6.07) is 15.5. The van der Waals surface area contributed by atoms with Crippen LogP contribution >= 0.6 is 23.5 Å². The number of nitriles is 1. The third kappa shape index (κ3) is 5.38. The highest BCUT2D eigenvalue weighted by Crippen LogP contribution is 2.28. The molecule has 0 spiro atoms. The number of hydrogen-bond donors (Lipinski definition) is 1. The van der Waals surface area contributed by atoms with E-state index < -0.39 is 0 Å². The standard InChI is InChI=1S/C20H18N4O2S2/c1-13-9-14(2)11-15(10-13)19-23-24-20(26-19)28-12-18(25)22-16-5-3-4-6-17(16)27-8-7-21/h3-6,9-11H,8,12H2,1-2H3,(H,22,25). The molecule has 8 heteroatoms. The van der Waals surface area contributed by atoms with E-state index in [0.29, 0.717) is 22.6 Å². The van der Waals surface area contributed by atoms with E-state index in [9.17, 15) is 4.79 Å². The van der Waals surface area contributed by atoms with Crippen molar-refractivity contribution in [2.75, 3.05) is 16.8 Å². The van der Waals surface area contributed by atoms with Crippen LogP contribution in [0.2, 0.25) is 0 Å². The lowest BCUT2D eigenvalue weighted by atomic mass is 10.1. The highest BCUT2D eigenvalue weighted by molar-refractivity contribution is 8.00. The zero-order chi connectivity index (χ0) is 19.9. The molecule has 0 bridgehead atoms. The number of rotatable bonds is 7. The van der Waals surface area contributed by atoms with Crippen LogP contribution in [0, 0.1) is 25.2 Å². The van der Waals surface area contributed by atoms with Crippen molar-refractivity contribution >= 4 is 35.1 Å². The van der Waals surface area contributed by atoms with Gasteiger partial charge in [-0.05, 0) is 38.1 Å². The molecule has 2 aromatic carbocycles. The fourth-order valence-corrected chi connectivity index (χ4v) is 3.83. The number of aryl methyl sites for hydroxylation is 2. The lowest BCUT2D eigenvalue weighted by Gasteiger charge is -2.08. The second kappa shape index (κ2) is 9.44. The van der Waals surface area contributed by atoms with Crippen LogP contribution in [0.5, 0.6) is 0 Å². The Hall–Kier alpha value is -2.76. The molecule has 0 saturated heterocycles. The lowest BCUT2D eigenvalue weighted by Crippen LogP contribution is -2.14. The van der Waals surface area contributed by atoms with Gasteiger partial charge >= 0.3 is 0 Å². The zero-order valence-electron chi connectivity index (χ0n) is 15.4. The number of benzene rings is 2. The molecule has 1 aromatic heterocycles. The molecule has 1 N–H and O–H groups in total. The zero-order valence-corrected chi connectivity index (χ0v) is 17.1. The number of carbonyl (C=O) groups is 1. The first-order chi connectivity index (χ1) is 13.5. The number of nitrogens with zero attached hydrogens (tertiary/aromatic N) is 3. The Balaban J connectivity index is 1.60. The summed E-state index contributed by atoms with van der Waals surface area (Å²) in [5.74, 6) is 0.727. The molecule has 0 fully saturated rings. The van der Waals surface area contributed by atoms with E-state index in [0.717, 1.165) is 21.6 Å². The summed E-state index contributed by atoms with van der Waals surface area (Å²) in [4.78, 5) is 13.1. The Kier molecular flexibility index (Phi) is 6.74. The summed E-state index contributed by atoms with van der Waals surface area (Å²) in [5.41, 5.74) is 3.80. The van der Waals surface area contributed by atoms with Crippen molar-refractivity contribution in [3.05, 3.63) is 53.6 Å². The molecule has 0 saturated carbocycles. The summed E-state index contributed by atoms with van der Waals surface area (Å²) in [6.07, 6.45) is 0. The third-order valence-corrected chi connectivity index (χ3v) is 5.41. The number of thioether (sulfide) groups is 2. The van der Waals surface area contributed by atoms with Gasteiger partial charge in [-0.25, -0.2) is 0 Å². The molecule has 0 aliphatic heterocycles. The summed E-state index contributed by atoms with van der Waals surface area (Å²) in [5, 5.41) is 20.0. The summed E-state index contributed by atoms with van der Waals surface area (Å²) < 4.78 is 5.68. The lowest BCUT2D eigenvalue weighted by molar-refractivity contribution is -0.113. The Morgan fingerprint density at radius 1 is 1.14 bits per heavy atom. The first kappa shape index (κ1) is 20.0. The maximum atomic E-state index is 12.3. The van der Waals surface area contributed by atoms with Crippen molar-refractivity contribution in [3.63, 3.8) is 0 Å². The molecular weight excluding hydrogens is 392 g/mol. The molecule has 1 heterocycles. The molecule has 0 aliphatic carbocycles. The van der Waals surface area contributed by atoms with Crippen LogP contribution in [0.15, 0.2) is 57.0 Å². The minimum atomic E-state index is -0.179. The van der Waals surface area contributed by atoms with E-state index in [1.165, 1.54) is 23.5 Å². The number of aromatic nitrogens is 2. The predicted octanol–water partition coefficient (Wildman–Crippen LogP) is 4.70. The molecule has 0 radical (unpaired) electrons. The van der Waals surface area contributed by atoms with Gasteiger partial charge in [-0.15, -0.1) is 22.0 Å². The monoisotopic (exact) mass is 410 g/mol. The number of amides is 1. The highest BCUT2D eigenvalue weighted by Gasteiger charge is 2.13. The minimum Gasteiger partial charge on any atom is -0.411 e. The maximum absolute atomic E-state index is 12.3. The fourth-order valence-electron chi connectivity index (χ4n) is 2.60. The van der Waals surface area contributed by atoms with E-state index in [1.54, 1.807) is 0 Å². The average molecular weight is 411 g/mol. The molecule has 6 nitrogen and oxygen atoms in total. The average Bonchev–Trinajstić information content (AvgIpc) is 3.14. The van der Waals surface area contributed by atoms with E-state index in [-0.39, 0.29) is 11.7 Å². The van der Waals surface area contributed by atoms with Crippen LogP contribution in [0.25, 0.3) is 11.5 Å². The van der Waals surface area contributed by atoms with Crippen LogP contribution in [0.3, 0.4) is 0 Å². The Labute approximate surface area is 171 Å². The second-order valence-electron chi connectivity index (χ2n) is 6.03. The number of para-hydroxylation sites is 1. The first-order valence-electron chi connectivity index (χ1n) is 8.49. The van der Waals surface area contributed by atoms with Crippen molar-refractivity contribution in [3.8, 4) is 17.5 Å². The van der Waals surface area contributed by atoms with Crippen molar-refractivity contribution in [2.45, 2.75) is 24.0 Å². The first-order valence-corrected chi connectivity index (χ1v) is 10.5. The van der Waals surface area contributed by atoms with Crippen molar-refractivity contribution < 1.29 is 9.21 Å². The minimum absolute atomic E-state index is 0.145. The second-order valence-corrected chi connectivity index (χ2v) is 7.97. The quantitative estimate of drug-likeness (QED) is 0.564. The SMILES string of the molecule is Cc1cc(C)cc(-c2nnc(SCC(=O)Nc3ccccc3SCC#N)o2)c1. The van der Waals surface area contributed by atoms with Gasteiger partial charge in [-0.2, -0.15) is 5.26 Å². The molecular formula is C20H18N4O2S2. The molecule has 142 valence electrons. The topological polar surface area (TPSA) is 91.8 Å². The fraction of sp³-hybridized carbons (Fsp3) is 0.200. The molecule has 0 unspecified atom stereocenters.